The summed E-state index contributed by atoms with van der Waals surface area (Å²) in [7, 11) is 2.20. The Labute approximate surface area is 127 Å². The number of hydrogen-bond acceptors (Lipinski definition) is 1. The summed E-state index contributed by atoms with van der Waals surface area (Å²) in [5.74, 6) is 0. The van der Waals surface area contributed by atoms with Gasteiger partial charge < -0.3 is 4.90 Å². The van der Waals surface area contributed by atoms with Crippen LogP contribution in [0.3, 0.4) is 0 Å². The monoisotopic (exact) mass is 277 g/mol. The maximum absolute atomic E-state index is 4.28. The zero-order valence-electron chi connectivity index (χ0n) is 13.1. The van der Waals surface area contributed by atoms with E-state index >= 15 is 0 Å². The van der Waals surface area contributed by atoms with Crippen LogP contribution in [-0.4, -0.2) is 7.05 Å². The van der Waals surface area contributed by atoms with Gasteiger partial charge in [-0.15, -0.1) is 0 Å². The van der Waals surface area contributed by atoms with E-state index in [1.165, 1.54) is 22.4 Å². The van der Waals surface area contributed by atoms with Crippen molar-refractivity contribution in [2.75, 3.05) is 11.9 Å². The van der Waals surface area contributed by atoms with Gasteiger partial charge in [-0.05, 0) is 30.5 Å². The second-order valence-corrected chi connectivity index (χ2v) is 6.37. The van der Waals surface area contributed by atoms with Gasteiger partial charge in [-0.2, -0.15) is 0 Å². The van der Waals surface area contributed by atoms with E-state index in [4.69, 9.17) is 0 Å². The summed E-state index contributed by atoms with van der Waals surface area (Å²) in [5, 5.41) is 0. The molecule has 2 unspecified atom stereocenters. The maximum atomic E-state index is 4.28. The fraction of sp³-hybridized carbons (Fsp3) is 0.300. The fourth-order valence-corrected chi connectivity index (χ4v) is 3.47. The maximum Gasteiger partial charge on any atom is 0.0550 e. The van der Waals surface area contributed by atoms with E-state index in [2.05, 4.69) is 87.0 Å². The van der Waals surface area contributed by atoms with Gasteiger partial charge >= 0.3 is 0 Å². The van der Waals surface area contributed by atoms with Crippen LogP contribution in [0, 0.1) is 0 Å². The molecule has 0 spiro atoms. The molecule has 2 atom stereocenters. The Balaban J connectivity index is 2.15. The predicted octanol–water partition coefficient (Wildman–Crippen LogP) is 5.10. The number of hydrogen-bond donors (Lipinski definition) is 0. The standard InChI is InChI=1S/C20H23N/c1-15(2)20(3)14-19(16-10-6-5-7-11-16)21(4)18-13-9-8-12-17(18)20/h5-13,19H,1,14H2,2-4H3. The Hall–Kier alpha value is -2.02. The average Bonchev–Trinajstić information content (AvgIpc) is 2.52. The third-order valence-electron chi connectivity index (χ3n) is 5.07. The van der Waals surface area contributed by atoms with Crippen LogP contribution in [0.1, 0.15) is 37.4 Å². The molecule has 1 heteroatoms. The highest BCUT2D eigenvalue weighted by Crippen LogP contribution is 2.50. The lowest BCUT2D eigenvalue weighted by Crippen LogP contribution is -2.39. The lowest BCUT2D eigenvalue weighted by Gasteiger charge is -2.46. The van der Waals surface area contributed by atoms with Crippen LogP contribution in [0.5, 0.6) is 0 Å². The fourth-order valence-electron chi connectivity index (χ4n) is 3.47. The molecule has 1 nitrogen and oxygen atoms in total. The third-order valence-corrected chi connectivity index (χ3v) is 5.07. The minimum absolute atomic E-state index is 0.0314. The molecule has 1 aliphatic heterocycles. The Kier molecular flexibility index (Phi) is 3.36. The number of nitrogens with zero attached hydrogens (tertiary/aromatic N) is 1. The van der Waals surface area contributed by atoms with Crippen molar-refractivity contribution in [3.63, 3.8) is 0 Å². The van der Waals surface area contributed by atoms with Crippen LogP contribution in [0.25, 0.3) is 0 Å². The molecule has 21 heavy (non-hydrogen) atoms. The summed E-state index contributed by atoms with van der Waals surface area (Å²) in [6.07, 6.45) is 1.07. The van der Waals surface area contributed by atoms with E-state index in [9.17, 15) is 0 Å². The van der Waals surface area contributed by atoms with Crippen molar-refractivity contribution >= 4 is 5.69 Å². The first-order chi connectivity index (χ1) is 10.0. The van der Waals surface area contributed by atoms with Crippen molar-refractivity contribution in [3.8, 4) is 0 Å². The van der Waals surface area contributed by atoms with Crippen LogP contribution in [0.4, 0.5) is 5.69 Å². The number of rotatable bonds is 2. The van der Waals surface area contributed by atoms with Crippen LogP contribution in [0.2, 0.25) is 0 Å². The van der Waals surface area contributed by atoms with E-state index in [0.717, 1.165) is 6.42 Å². The summed E-state index contributed by atoms with van der Waals surface area (Å²) in [5.41, 5.74) is 5.37. The Morgan fingerprint density at radius 3 is 2.38 bits per heavy atom. The molecule has 0 saturated carbocycles. The lowest BCUT2D eigenvalue weighted by atomic mass is 9.68. The molecule has 1 aliphatic rings. The van der Waals surface area contributed by atoms with Gasteiger partial charge in [0.1, 0.15) is 0 Å². The normalized spacial score (nSPS) is 24.5. The second kappa shape index (κ2) is 5.07. The van der Waals surface area contributed by atoms with E-state index in [1.54, 1.807) is 0 Å². The molecule has 0 aromatic heterocycles. The zero-order valence-corrected chi connectivity index (χ0v) is 13.1. The summed E-state index contributed by atoms with van der Waals surface area (Å²) in [4.78, 5) is 2.41. The molecule has 0 bridgehead atoms. The molecule has 2 aromatic rings. The van der Waals surface area contributed by atoms with Crippen molar-refractivity contribution in [2.45, 2.75) is 31.7 Å². The smallest absolute Gasteiger partial charge is 0.0550 e. The molecule has 0 N–H and O–H groups in total. The summed E-state index contributed by atoms with van der Waals surface area (Å²) < 4.78 is 0. The highest BCUT2D eigenvalue weighted by Gasteiger charge is 2.39. The Morgan fingerprint density at radius 1 is 1.10 bits per heavy atom. The summed E-state index contributed by atoms with van der Waals surface area (Å²) in [6, 6.07) is 19.9. The van der Waals surface area contributed by atoms with E-state index in [0.29, 0.717) is 6.04 Å². The first-order valence-electron chi connectivity index (χ1n) is 7.57. The minimum atomic E-state index is 0.0314. The highest BCUT2D eigenvalue weighted by molar-refractivity contribution is 5.62. The first kappa shape index (κ1) is 13.9. The number of fused-ring (bicyclic) bond motifs is 1. The number of anilines is 1. The lowest BCUT2D eigenvalue weighted by molar-refractivity contribution is 0.418. The van der Waals surface area contributed by atoms with E-state index in [1.807, 2.05) is 0 Å². The predicted molar refractivity (Wildman–Crippen MR) is 90.8 cm³/mol. The van der Waals surface area contributed by atoms with Gasteiger partial charge in [-0.25, -0.2) is 0 Å². The van der Waals surface area contributed by atoms with Crippen molar-refractivity contribution in [1.82, 2.24) is 0 Å². The van der Waals surface area contributed by atoms with E-state index < -0.39 is 0 Å². The van der Waals surface area contributed by atoms with E-state index in [-0.39, 0.29) is 5.41 Å². The van der Waals surface area contributed by atoms with Crippen LogP contribution >= 0.6 is 0 Å². The van der Waals surface area contributed by atoms with Gasteiger partial charge in [0.25, 0.3) is 0 Å². The van der Waals surface area contributed by atoms with Crippen LogP contribution in [-0.2, 0) is 5.41 Å². The summed E-state index contributed by atoms with van der Waals surface area (Å²) >= 11 is 0. The molecule has 1 heterocycles. The number of para-hydroxylation sites is 1. The molecule has 0 amide bonds. The van der Waals surface area contributed by atoms with Gasteiger partial charge in [0.05, 0.1) is 6.04 Å². The minimum Gasteiger partial charge on any atom is -0.367 e. The first-order valence-corrected chi connectivity index (χ1v) is 7.57. The van der Waals surface area contributed by atoms with Crippen molar-refractivity contribution in [3.05, 3.63) is 77.9 Å². The topological polar surface area (TPSA) is 3.24 Å². The van der Waals surface area contributed by atoms with Crippen LogP contribution in [0.15, 0.2) is 66.7 Å². The third kappa shape index (κ3) is 2.17. The van der Waals surface area contributed by atoms with Gasteiger partial charge in [0.2, 0.25) is 0 Å². The Morgan fingerprint density at radius 2 is 1.71 bits per heavy atom. The number of benzene rings is 2. The van der Waals surface area contributed by atoms with Gasteiger partial charge in [0.15, 0.2) is 0 Å². The van der Waals surface area contributed by atoms with Crippen molar-refractivity contribution < 1.29 is 0 Å². The quantitative estimate of drug-likeness (QED) is 0.690. The molecule has 108 valence electrons. The molecule has 2 aromatic carbocycles. The zero-order chi connectivity index (χ0) is 15.0. The van der Waals surface area contributed by atoms with Crippen molar-refractivity contribution in [2.24, 2.45) is 0 Å². The molecule has 3 rings (SSSR count). The largest absolute Gasteiger partial charge is 0.367 e. The molecule has 0 radical (unpaired) electrons. The van der Waals surface area contributed by atoms with Gasteiger partial charge in [-0.3, -0.25) is 0 Å². The average molecular weight is 277 g/mol. The SMILES string of the molecule is C=C(C)C1(C)CC(c2ccccc2)N(C)c2ccccc21. The van der Waals surface area contributed by atoms with Crippen LogP contribution < -0.4 is 4.90 Å². The second-order valence-electron chi connectivity index (χ2n) is 6.37. The number of allylic oxidation sites excluding steroid dienone is 1. The molecular weight excluding hydrogens is 254 g/mol. The molecule has 0 fully saturated rings. The van der Waals surface area contributed by atoms with Gasteiger partial charge in [0, 0.05) is 18.2 Å². The molecular formula is C20H23N. The van der Waals surface area contributed by atoms with Gasteiger partial charge in [-0.1, -0.05) is 67.6 Å². The Bertz CT molecular complexity index is 659. The van der Waals surface area contributed by atoms with Crippen molar-refractivity contribution in [1.29, 1.82) is 0 Å². The molecule has 0 aliphatic carbocycles. The summed E-state index contributed by atoms with van der Waals surface area (Å²) in [6.45, 7) is 8.77. The molecule has 0 saturated heterocycles. The highest BCUT2D eigenvalue weighted by atomic mass is 15.1.